The number of carboxylic acids is 2. The number of aliphatic carboxylic acids is 2. The zero-order chi connectivity index (χ0) is 25.1. The van der Waals surface area contributed by atoms with Gasteiger partial charge in [0.1, 0.15) is 18.6 Å². The SMILES string of the molecule is CCC.CNC(=O)CCCC(NC(=O)CSP)C(=O)NC(CC(=O)O)C(=O)NCC(=O)O.[3HH]. The predicted octanol–water partition coefficient (Wildman–Crippen LogP) is -0.267. The molecule has 0 heterocycles. The number of hydrogen-bond acceptors (Lipinski definition) is 7. The second-order valence-electron chi connectivity index (χ2n) is 6.47. The van der Waals surface area contributed by atoms with Crippen molar-refractivity contribution in [2.75, 3.05) is 19.3 Å². The number of carbonyl (C=O) groups excluding carboxylic acids is 4. The van der Waals surface area contributed by atoms with Gasteiger partial charge in [-0.15, -0.1) is 11.4 Å². The van der Waals surface area contributed by atoms with Gasteiger partial charge in [-0.05, 0) is 12.8 Å². The fourth-order valence-corrected chi connectivity index (χ4v) is 2.80. The molecule has 0 spiro atoms. The molecule has 6 N–H and O–H groups in total. The van der Waals surface area contributed by atoms with Crippen molar-refractivity contribution in [3.63, 3.8) is 0 Å². The minimum absolute atomic E-state index is 0. The molecular weight excluding hydrogens is 463 g/mol. The maximum atomic E-state index is 12.5. The van der Waals surface area contributed by atoms with Gasteiger partial charge in [0.05, 0.1) is 12.2 Å². The Hall–Kier alpha value is -2.40. The highest BCUT2D eigenvalue weighted by atomic mass is 32.7. The van der Waals surface area contributed by atoms with E-state index >= 15 is 0 Å². The molecule has 186 valence electrons. The van der Waals surface area contributed by atoms with Gasteiger partial charge in [0.15, 0.2) is 0 Å². The van der Waals surface area contributed by atoms with Crippen LogP contribution in [-0.4, -0.2) is 77.2 Å². The molecule has 3 unspecified atom stereocenters. The molecule has 14 heteroatoms. The van der Waals surface area contributed by atoms with Gasteiger partial charge in [0.25, 0.3) is 0 Å². The Bertz CT molecular complexity index is 657. The third-order valence-corrected chi connectivity index (χ3v) is 4.40. The Labute approximate surface area is 194 Å². The molecule has 4 amide bonds. The largest absolute Gasteiger partial charge is 0.481 e. The molecule has 0 saturated heterocycles. The van der Waals surface area contributed by atoms with E-state index in [0.29, 0.717) is 0 Å². The lowest BCUT2D eigenvalue weighted by atomic mass is 10.1. The van der Waals surface area contributed by atoms with Crippen LogP contribution in [0.1, 0.15) is 47.4 Å². The molecule has 0 saturated carbocycles. The summed E-state index contributed by atoms with van der Waals surface area (Å²) in [4.78, 5) is 69.3. The van der Waals surface area contributed by atoms with Gasteiger partial charge in [0.2, 0.25) is 23.6 Å². The quantitative estimate of drug-likeness (QED) is 0.174. The third kappa shape index (κ3) is 17.3. The van der Waals surface area contributed by atoms with E-state index in [1.54, 1.807) is 0 Å². The van der Waals surface area contributed by atoms with Gasteiger partial charge in [-0.3, -0.25) is 28.8 Å². The van der Waals surface area contributed by atoms with E-state index in [-0.39, 0.29) is 32.3 Å². The van der Waals surface area contributed by atoms with Crippen LogP contribution in [0, 0.1) is 0 Å². The van der Waals surface area contributed by atoms with Crippen molar-refractivity contribution < 1.29 is 40.4 Å². The van der Waals surface area contributed by atoms with E-state index in [1.165, 1.54) is 13.5 Å². The highest BCUT2D eigenvalue weighted by Crippen LogP contribution is 2.10. The van der Waals surface area contributed by atoms with E-state index in [1.807, 2.05) is 5.32 Å². The second-order valence-corrected chi connectivity index (χ2v) is 8.10. The van der Waals surface area contributed by atoms with E-state index < -0.39 is 54.7 Å². The van der Waals surface area contributed by atoms with Crippen molar-refractivity contribution in [1.82, 2.24) is 21.3 Å². The highest BCUT2D eigenvalue weighted by molar-refractivity contribution is 8.44. The summed E-state index contributed by atoms with van der Waals surface area (Å²) in [5, 5.41) is 26.7. The Morgan fingerprint density at radius 2 is 1.53 bits per heavy atom. The van der Waals surface area contributed by atoms with Crippen LogP contribution in [-0.2, 0) is 28.8 Å². The first-order valence-electron chi connectivity index (χ1n) is 9.85. The monoisotopic (exact) mass is 500 g/mol. The molecule has 3 atom stereocenters. The fourth-order valence-electron chi connectivity index (χ4n) is 2.11. The number of carbonyl (C=O) groups is 6. The first kappa shape index (κ1) is 31.8. The van der Waals surface area contributed by atoms with Gasteiger partial charge in [-0.2, -0.15) is 0 Å². The molecule has 0 aromatic rings. The van der Waals surface area contributed by atoms with Crippen LogP contribution >= 0.6 is 19.8 Å². The fraction of sp³-hybridized carbons (Fsp3) is 0.667. The normalized spacial score (nSPS) is 11.6. The van der Waals surface area contributed by atoms with Crippen LogP contribution in [0.3, 0.4) is 0 Å². The average Bonchev–Trinajstić information content (AvgIpc) is 2.70. The van der Waals surface area contributed by atoms with Gasteiger partial charge in [-0.25, -0.2) is 0 Å². The van der Waals surface area contributed by atoms with Crippen molar-refractivity contribution in [2.24, 2.45) is 0 Å². The first-order valence-corrected chi connectivity index (χ1v) is 12.3. The molecule has 0 bridgehead atoms. The molecule has 32 heavy (non-hydrogen) atoms. The van der Waals surface area contributed by atoms with Crippen molar-refractivity contribution in [3.8, 4) is 0 Å². The van der Waals surface area contributed by atoms with E-state index in [2.05, 4.69) is 38.2 Å². The first-order chi connectivity index (χ1) is 15.0. The van der Waals surface area contributed by atoms with E-state index in [0.717, 1.165) is 11.4 Å². The Morgan fingerprint density at radius 3 is 2.00 bits per heavy atom. The highest BCUT2D eigenvalue weighted by Gasteiger charge is 2.28. The van der Waals surface area contributed by atoms with Crippen LogP contribution in [0.5, 0.6) is 0 Å². The Morgan fingerprint density at radius 1 is 0.938 bits per heavy atom. The topological polar surface area (TPSA) is 191 Å². The summed E-state index contributed by atoms with van der Waals surface area (Å²) < 4.78 is 0. The second kappa shape index (κ2) is 19.3. The average molecular weight is 501 g/mol. The van der Waals surface area contributed by atoms with Crippen LogP contribution in [0.25, 0.3) is 0 Å². The number of carboxylic acid groups (broad SMARTS) is 2. The van der Waals surface area contributed by atoms with Crippen molar-refractivity contribution in [3.05, 3.63) is 0 Å². The van der Waals surface area contributed by atoms with E-state index in [9.17, 15) is 28.8 Å². The minimum atomic E-state index is -1.53. The summed E-state index contributed by atoms with van der Waals surface area (Å²) in [6, 6.07) is -2.64. The predicted molar refractivity (Wildman–Crippen MR) is 125 cm³/mol. The molecule has 0 aliphatic carbocycles. The standard InChI is InChI=1S/C15H25N4O8PS.C3H8.H2/c1-16-10(20)4-2-3-8(18-11(21)7-29-28)15(27)19-9(5-12(22)23)14(26)17-6-13(24)25;1-3-2;/h8-9H,2-7,28H2,1H3,(H,16,20)(H,17,26)(H,18,21)(H,19,27)(H,22,23)(H,24,25);3H2,1-2H3;1H/i;;1+2. The van der Waals surface area contributed by atoms with Crippen molar-refractivity contribution in [2.45, 2.75) is 58.0 Å². The summed E-state index contributed by atoms with van der Waals surface area (Å²) in [5.41, 5.74) is 0. The number of rotatable bonds is 14. The molecule has 0 fully saturated rings. The Kier molecular flexibility index (Phi) is 19.2. The molecule has 0 rings (SSSR count). The molecule has 0 aliphatic heterocycles. The van der Waals surface area contributed by atoms with Crippen LogP contribution in [0.15, 0.2) is 0 Å². The summed E-state index contributed by atoms with van der Waals surface area (Å²) in [5.74, 6) is -5.21. The lowest BCUT2D eigenvalue weighted by Crippen LogP contribution is -2.54. The van der Waals surface area contributed by atoms with Crippen LogP contribution < -0.4 is 21.3 Å². The molecule has 12 nitrogen and oxygen atoms in total. The summed E-state index contributed by atoms with van der Waals surface area (Å²) in [7, 11) is 3.73. The Balaban J connectivity index is -0.00000212. The summed E-state index contributed by atoms with van der Waals surface area (Å²) >= 11 is 1.14. The van der Waals surface area contributed by atoms with Crippen molar-refractivity contribution in [1.29, 1.82) is 0 Å². The molecule has 0 aliphatic rings. The maximum Gasteiger partial charge on any atom is 0.322 e. The molecule has 0 aromatic carbocycles. The van der Waals surface area contributed by atoms with E-state index in [4.69, 9.17) is 10.2 Å². The maximum absolute atomic E-state index is 12.5. The molecule has 0 radical (unpaired) electrons. The number of nitrogens with one attached hydrogen (secondary N) is 4. The summed E-state index contributed by atoms with van der Waals surface area (Å²) in [6.07, 6.45) is 0.896. The lowest BCUT2D eigenvalue weighted by molar-refractivity contribution is -0.141. The van der Waals surface area contributed by atoms with Gasteiger partial charge in [0, 0.05) is 14.9 Å². The van der Waals surface area contributed by atoms with Gasteiger partial charge < -0.3 is 31.5 Å². The number of hydrogen-bond donors (Lipinski definition) is 6. The van der Waals surface area contributed by atoms with Crippen molar-refractivity contribution >= 4 is 55.4 Å². The summed E-state index contributed by atoms with van der Waals surface area (Å²) in [6.45, 7) is 3.50. The van der Waals surface area contributed by atoms with Crippen LogP contribution in [0.4, 0.5) is 0 Å². The molecule has 0 aromatic heterocycles. The molecular formula is C18H35N4O8PS. The zero-order valence-corrected chi connectivity index (χ0v) is 20.4. The zero-order valence-electron chi connectivity index (χ0n) is 18.4. The minimum Gasteiger partial charge on any atom is -0.481 e. The lowest BCUT2D eigenvalue weighted by Gasteiger charge is -2.22. The third-order valence-electron chi connectivity index (χ3n) is 3.47. The van der Waals surface area contributed by atoms with Gasteiger partial charge in [-0.1, -0.05) is 28.7 Å². The smallest absolute Gasteiger partial charge is 0.322 e. The van der Waals surface area contributed by atoms with Crippen LogP contribution in [0.2, 0.25) is 0 Å². The van der Waals surface area contributed by atoms with Gasteiger partial charge >= 0.3 is 11.9 Å². The number of amides is 4.